The zero-order chi connectivity index (χ0) is 20.2. The molecule has 1 atom stereocenters. The second-order valence-electron chi connectivity index (χ2n) is 6.88. The summed E-state index contributed by atoms with van der Waals surface area (Å²) < 4.78 is 12.2. The molecule has 0 bridgehead atoms. The number of carbonyl (C=O) groups is 1. The number of hydrogen-bond donors (Lipinski definition) is 0. The summed E-state index contributed by atoms with van der Waals surface area (Å²) in [5, 5.41) is 0.694. The first-order chi connectivity index (χ1) is 14.1. The molecule has 2 aliphatic heterocycles. The first kappa shape index (κ1) is 20.4. The van der Waals surface area contributed by atoms with Gasteiger partial charge in [0.25, 0.3) is 5.91 Å². The van der Waals surface area contributed by atoms with Gasteiger partial charge in [-0.25, -0.2) is 0 Å². The highest BCUT2D eigenvalue weighted by atomic mass is 35.5. The molecular formula is C22H20ClNO3S2. The smallest absolute Gasteiger partial charge is 0.266 e. The molecule has 2 aliphatic rings. The minimum absolute atomic E-state index is 0.0667. The van der Waals surface area contributed by atoms with Crippen molar-refractivity contribution in [3.63, 3.8) is 0 Å². The normalized spacial score (nSPS) is 20.7. The van der Waals surface area contributed by atoms with E-state index < -0.39 is 0 Å². The Morgan fingerprint density at radius 3 is 2.79 bits per heavy atom. The van der Waals surface area contributed by atoms with Gasteiger partial charge in [0.2, 0.25) is 0 Å². The second kappa shape index (κ2) is 9.30. The number of carbonyl (C=O) groups excluding carboxylic acids is 1. The van der Waals surface area contributed by atoms with Crippen LogP contribution in [0.3, 0.4) is 0 Å². The lowest BCUT2D eigenvalue weighted by Crippen LogP contribution is -2.35. The number of thioether (sulfide) groups is 1. The van der Waals surface area contributed by atoms with E-state index in [9.17, 15) is 4.79 Å². The number of para-hydroxylation sites is 1. The van der Waals surface area contributed by atoms with Crippen molar-refractivity contribution in [3.8, 4) is 5.75 Å². The van der Waals surface area contributed by atoms with E-state index in [0.717, 1.165) is 30.6 Å². The molecule has 0 N–H and O–H groups in total. The van der Waals surface area contributed by atoms with Gasteiger partial charge in [0, 0.05) is 17.2 Å². The number of ether oxygens (including phenoxy) is 2. The van der Waals surface area contributed by atoms with Crippen LogP contribution in [0.25, 0.3) is 6.08 Å². The first-order valence-corrected chi connectivity index (χ1v) is 11.0. The highest BCUT2D eigenvalue weighted by Gasteiger charge is 2.34. The van der Waals surface area contributed by atoms with E-state index >= 15 is 0 Å². The van der Waals surface area contributed by atoms with Gasteiger partial charge in [0.05, 0.1) is 17.6 Å². The van der Waals surface area contributed by atoms with Crippen molar-refractivity contribution in [3.05, 3.63) is 69.6 Å². The van der Waals surface area contributed by atoms with Gasteiger partial charge in [-0.15, -0.1) is 0 Å². The number of nitrogens with zero attached hydrogens (tertiary/aromatic N) is 1. The molecule has 2 heterocycles. The molecule has 0 aliphatic carbocycles. The lowest BCUT2D eigenvalue weighted by molar-refractivity contribution is -0.123. The van der Waals surface area contributed by atoms with Gasteiger partial charge < -0.3 is 9.47 Å². The van der Waals surface area contributed by atoms with Gasteiger partial charge in [0.1, 0.15) is 16.7 Å². The fraction of sp³-hybridized carbons (Fsp3) is 0.273. The minimum atomic E-state index is -0.0667. The van der Waals surface area contributed by atoms with E-state index in [1.807, 2.05) is 54.6 Å². The molecule has 2 aromatic carbocycles. The third-order valence-electron chi connectivity index (χ3n) is 4.80. The van der Waals surface area contributed by atoms with Crippen LogP contribution in [0.5, 0.6) is 5.75 Å². The van der Waals surface area contributed by atoms with Crippen molar-refractivity contribution in [2.75, 3.05) is 13.2 Å². The topological polar surface area (TPSA) is 38.8 Å². The van der Waals surface area contributed by atoms with Crippen LogP contribution in [-0.2, 0) is 16.1 Å². The summed E-state index contributed by atoms with van der Waals surface area (Å²) >= 11 is 12.7. The molecule has 0 saturated carbocycles. The number of hydrogen-bond acceptors (Lipinski definition) is 5. The van der Waals surface area contributed by atoms with E-state index in [0.29, 0.717) is 33.1 Å². The molecule has 0 spiro atoms. The third kappa shape index (κ3) is 5.01. The van der Waals surface area contributed by atoms with Crippen molar-refractivity contribution in [2.45, 2.75) is 25.6 Å². The quantitative estimate of drug-likeness (QED) is 0.445. The maximum atomic E-state index is 12.9. The van der Waals surface area contributed by atoms with Crippen molar-refractivity contribution in [2.24, 2.45) is 0 Å². The van der Waals surface area contributed by atoms with Crippen LogP contribution in [0.2, 0.25) is 5.02 Å². The van der Waals surface area contributed by atoms with Crippen LogP contribution < -0.4 is 4.74 Å². The van der Waals surface area contributed by atoms with E-state index in [-0.39, 0.29) is 12.0 Å². The average Bonchev–Trinajstić information content (AvgIpc) is 3.33. The Hall–Kier alpha value is -1.86. The predicted molar refractivity (Wildman–Crippen MR) is 121 cm³/mol. The largest absolute Gasteiger partial charge is 0.488 e. The summed E-state index contributed by atoms with van der Waals surface area (Å²) in [7, 11) is 0. The molecule has 0 aromatic heterocycles. The Bertz CT molecular complexity index is 939. The summed E-state index contributed by atoms with van der Waals surface area (Å²) in [5.41, 5.74) is 1.87. The average molecular weight is 446 g/mol. The van der Waals surface area contributed by atoms with Crippen molar-refractivity contribution < 1.29 is 14.3 Å². The SMILES string of the molecule is O=C1/C(=C/c2ccccc2OCc2ccc(Cl)cc2)SC(=S)N1C[C@H]1CCCO1. The van der Waals surface area contributed by atoms with Crippen LogP contribution >= 0.6 is 35.6 Å². The summed E-state index contributed by atoms with van der Waals surface area (Å²) in [5.74, 6) is 0.648. The highest BCUT2D eigenvalue weighted by molar-refractivity contribution is 8.26. The van der Waals surface area contributed by atoms with Crippen LogP contribution in [0.1, 0.15) is 24.0 Å². The minimum Gasteiger partial charge on any atom is -0.488 e. The molecule has 0 radical (unpaired) electrons. The monoisotopic (exact) mass is 445 g/mol. The van der Waals surface area contributed by atoms with Crippen LogP contribution in [0, 0.1) is 0 Å². The zero-order valence-corrected chi connectivity index (χ0v) is 18.1. The summed E-state index contributed by atoms with van der Waals surface area (Å²) in [6.45, 7) is 1.70. The van der Waals surface area contributed by atoms with Crippen molar-refractivity contribution in [1.82, 2.24) is 4.90 Å². The Kier molecular flexibility index (Phi) is 6.55. The fourth-order valence-electron chi connectivity index (χ4n) is 3.26. The molecular weight excluding hydrogens is 426 g/mol. The molecule has 2 aromatic rings. The van der Waals surface area contributed by atoms with Gasteiger partial charge in [-0.1, -0.05) is 65.9 Å². The lowest BCUT2D eigenvalue weighted by atomic mass is 10.1. The molecule has 2 saturated heterocycles. The predicted octanol–water partition coefficient (Wildman–Crippen LogP) is 5.30. The van der Waals surface area contributed by atoms with Crippen molar-refractivity contribution >= 4 is 51.9 Å². The number of halogens is 1. The Labute approximate surface area is 184 Å². The van der Waals surface area contributed by atoms with E-state index in [1.54, 1.807) is 4.90 Å². The first-order valence-electron chi connectivity index (χ1n) is 9.43. The van der Waals surface area contributed by atoms with E-state index in [1.165, 1.54) is 11.8 Å². The molecule has 0 unspecified atom stereocenters. The zero-order valence-electron chi connectivity index (χ0n) is 15.7. The standard InChI is InChI=1S/C22H20ClNO3S2/c23-17-9-7-15(8-10-17)14-27-19-6-2-1-4-16(19)12-20-21(25)24(22(28)29-20)13-18-5-3-11-26-18/h1-2,4,6-10,12,18H,3,5,11,13-14H2/b20-12-/t18-/m1/s1. The Balaban J connectivity index is 1.48. The molecule has 150 valence electrons. The van der Waals surface area contributed by atoms with Gasteiger partial charge in [-0.3, -0.25) is 9.69 Å². The molecule has 7 heteroatoms. The third-order valence-corrected chi connectivity index (χ3v) is 6.43. The number of rotatable bonds is 6. The summed E-state index contributed by atoms with van der Waals surface area (Å²) in [6.07, 6.45) is 3.93. The van der Waals surface area contributed by atoms with Gasteiger partial charge in [-0.2, -0.15) is 0 Å². The van der Waals surface area contributed by atoms with Gasteiger partial charge in [-0.05, 0) is 42.7 Å². The molecule has 2 fully saturated rings. The maximum Gasteiger partial charge on any atom is 0.266 e. The number of amides is 1. The van der Waals surface area contributed by atoms with Crippen molar-refractivity contribution in [1.29, 1.82) is 0 Å². The summed E-state index contributed by atoms with van der Waals surface area (Å²) in [4.78, 5) is 15.1. The Morgan fingerprint density at radius 2 is 2.03 bits per heavy atom. The molecule has 29 heavy (non-hydrogen) atoms. The number of thiocarbonyl (C=S) groups is 1. The van der Waals surface area contributed by atoms with Gasteiger partial charge >= 0.3 is 0 Å². The van der Waals surface area contributed by atoms with Gasteiger partial charge in [0.15, 0.2) is 0 Å². The van der Waals surface area contributed by atoms with E-state index in [4.69, 9.17) is 33.3 Å². The highest BCUT2D eigenvalue weighted by Crippen LogP contribution is 2.35. The van der Waals surface area contributed by atoms with Crippen LogP contribution in [0.4, 0.5) is 0 Å². The molecule has 1 amide bonds. The molecule has 4 rings (SSSR count). The summed E-state index contributed by atoms with van der Waals surface area (Å²) in [6, 6.07) is 15.2. The lowest BCUT2D eigenvalue weighted by Gasteiger charge is -2.18. The second-order valence-corrected chi connectivity index (χ2v) is 8.99. The molecule has 4 nitrogen and oxygen atoms in total. The van der Waals surface area contributed by atoms with E-state index in [2.05, 4.69) is 0 Å². The Morgan fingerprint density at radius 1 is 1.24 bits per heavy atom. The van der Waals surface area contributed by atoms with Crippen LogP contribution in [-0.4, -0.2) is 34.4 Å². The van der Waals surface area contributed by atoms with Crippen LogP contribution in [0.15, 0.2) is 53.4 Å². The number of benzene rings is 2. The fourth-order valence-corrected chi connectivity index (χ4v) is 4.66. The maximum absolute atomic E-state index is 12.9.